The molecule has 0 amide bonds. The lowest BCUT2D eigenvalue weighted by molar-refractivity contribution is 0.0627. The normalized spacial score (nSPS) is 14.0. The van der Waals surface area contributed by atoms with Gasteiger partial charge in [0.25, 0.3) is 0 Å². The zero-order valence-electron chi connectivity index (χ0n) is 16.5. The molecule has 0 unspecified atom stereocenters. The van der Waals surface area contributed by atoms with Crippen LogP contribution >= 0.6 is 0 Å². The maximum atomic E-state index is 12.7. The second kappa shape index (κ2) is 7.50. The van der Waals surface area contributed by atoms with Crippen LogP contribution in [0.3, 0.4) is 0 Å². The molecule has 1 atom stereocenters. The van der Waals surface area contributed by atoms with Crippen LogP contribution in [0.25, 0.3) is 11.1 Å². The number of hydrogen-bond acceptors (Lipinski definition) is 4. The second-order valence-corrected chi connectivity index (χ2v) is 8.87. The van der Waals surface area contributed by atoms with Crippen LogP contribution < -0.4 is 4.72 Å². The number of hydrogen-bond donors (Lipinski definition) is 2. The van der Waals surface area contributed by atoms with Crippen LogP contribution in [0.5, 0.6) is 0 Å². The molecule has 0 fully saturated rings. The Balaban J connectivity index is 1.78. The average Bonchev–Trinajstić information content (AvgIpc) is 2.93. The van der Waals surface area contributed by atoms with Crippen molar-refractivity contribution in [3.8, 4) is 11.1 Å². The van der Waals surface area contributed by atoms with Crippen LogP contribution in [0, 0.1) is 13.8 Å². The minimum absolute atomic E-state index is 0.145. The minimum Gasteiger partial charge on any atom is -0.384 e. The molecule has 0 radical (unpaired) electrons. The summed E-state index contributed by atoms with van der Waals surface area (Å²) in [6, 6.07) is 17.4. The van der Waals surface area contributed by atoms with E-state index in [1.54, 1.807) is 27.8 Å². The number of aromatic nitrogens is 2. The summed E-state index contributed by atoms with van der Waals surface area (Å²) in [7, 11) is -2.09. The summed E-state index contributed by atoms with van der Waals surface area (Å²) in [5, 5.41) is 15.0. The van der Waals surface area contributed by atoms with Crippen LogP contribution in [0.1, 0.15) is 23.9 Å². The lowest BCUT2D eigenvalue weighted by Gasteiger charge is -2.24. The van der Waals surface area contributed by atoms with Crippen molar-refractivity contribution in [1.82, 2.24) is 14.5 Å². The van der Waals surface area contributed by atoms with E-state index >= 15 is 0 Å². The monoisotopic (exact) mass is 399 g/mol. The van der Waals surface area contributed by atoms with E-state index in [9.17, 15) is 13.5 Å². The summed E-state index contributed by atoms with van der Waals surface area (Å²) >= 11 is 0. The summed E-state index contributed by atoms with van der Waals surface area (Å²) in [6.45, 7) is 4.81. The van der Waals surface area contributed by atoms with Crippen molar-refractivity contribution >= 4 is 10.0 Å². The number of nitrogens with one attached hydrogen (secondary N) is 1. The number of nitrogens with zero attached hydrogens (tertiary/aromatic N) is 2. The summed E-state index contributed by atoms with van der Waals surface area (Å²) in [5.41, 5.74) is 2.37. The predicted octanol–water partition coefficient (Wildman–Crippen LogP) is 2.89. The van der Waals surface area contributed by atoms with Crippen LogP contribution in [0.15, 0.2) is 59.5 Å². The smallest absolute Gasteiger partial charge is 0.244 e. The first-order chi connectivity index (χ1) is 13.1. The van der Waals surface area contributed by atoms with Gasteiger partial charge in [-0.25, -0.2) is 13.1 Å². The van der Waals surface area contributed by atoms with Gasteiger partial charge in [0.2, 0.25) is 10.0 Å². The van der Waals surface area contributed by atoms with E-state index in [-0.39, 0.29) is 11.4 Å². The van der Waals surface area contributed by atoms with Crippen molar-refractivity contribution in [1.29, 1.82) is 0 Å². The fourth-order valence-corrected chi connectivity index (χ4v) is 4.77. The van der Waals surface area contributed by atoms with E-state index in [4.69, 9.17) is 0 Å². The van der Waals surface area contributed by atoms with Crippen LogP contribution in [-0.4, -0.2) is 29.8 Å². The Hall–Kier alpha value is -2.48. The third-order valence-electron chi connectivity index (χ3n) is 4.93. The average molecular weight is 400 g/mol. The molecule has 0 saturated heterocycles. The molecular weight excluding hydrogens is 374 g/mol. The molecule has 148 valence electrons. The van der Waals surface area contributed by atoms with Crippen molar-refractivity contribution in [2.75, 3.05) is 6.54 Å². The highest BCUT2D eigenvalue weighted by molar-refractivity contribution is 7.89. The summed E-state index contributed by atoms with van der Waals surface area (Å²) < 4.78 is 29.5. The fraction of sp³-hybridized carbons (Fsp3) is 0.286. The van der Waals surface area contributed by atoms with Crippen molar-refractivity contribution in [2.24, 2.45) is 7.05 Å². The van der Waals surface area contributed by atoms with E-state index in [0.717, 1.165) is 11.1 Å². The zero-order chi connectivity index (χ0) is 20.5. The molecule has 2 N–H and O–H groups in total. The van der Waals surface area contributed by atoms with Crippen molar-refractivity contribution in [2.45, 2.75) is 31.3 Å². The molecule has 0 saturated carbocycles. The van der Waals surface area contributed by atoms with Gasteiger partial charge in [0, 0.05) is 13.6 Å². The van der Waals surface area contributed by atoms with Gasteiger partial charge in [-0.2, -0.15) is 5.10 Å². The number of sulfonamides is 1. The lowest BCUT2D eigenvalue weighted by Crippen LogP contribution is -2.38. The van der Waals surface area contributed by atoms with Gasteiger partial charge in [0.15, 0.2) is 0 Å². The highest BCUT2D eigenvalue weighted by Gasteiger charge is 2.29. The Bertz CT molecular complexity index is 1070. The summed E-state index contributed by atoms with van der Waals surface area (Å²) in [5.74, 6) is 0. The summed E-state index contributed by atoms with van der Waals surface area (Å²) in [4.78, 5) is 0.158. The quantitative estimate of drug-likeness (QED) is 0.668. The zero-order valence-corrected chi connectivity index (χ0v) is 17.3. The molecule has 0 aliphatic carbocycles. The second-order valence-electron chi connectivity index (χ2n) is 7.17. The first-order valence-electron chi connectivity index (χ1n) is 9.00. The number of aliphatic hydroxyl groups is 1. The third kappa shape index (κ3) is 4.01. The van der Waals surface area contributed by atoms with Gasteiger partial charge in [-0.1, -0.05) is 54.6 Å². The van der Waals surface area contributed by atoms with Crippen molar-refractivity contribution in [3.63, 3.8) is 0 Å². The highest BCUT2D eigenvalue weighted by Crippen LogP contribution is 2.26. The molecule has 3 rings (SSSR count). The largest absolute Gasteiger partial charge is 0.384 e. The minimum atomic E-state index is -3.79. The van der Waals surface area contributed by atoms with Gasteiger partial charge < -0.3 is 5.11 Å². The maximum Gasteiger partial charge on any atom is 0.244 e. The molecule has 6 nitrogen and oxygen atoms in total. The van der Waals surface area contributed by atoms with E-state index in [0.29, 0.717) is 17.0 Å². The van der Waals surface area contributed by atoms with Gasteiger partial charge >= 0.3 is 0 Å². The number of rotatable bonds is 6. The van der Waals surface area contributed by atoms with E-state index in [1.807, 2.05) is 54.6 Å². The Morgan fingerprint density at radius 1 is 1.04 bits per heavy atom. The van der Waals surface area contributed by atoms with Gasteiger partial charge in [0.05, 0.1) is 11.4 Å². The van der Waals surface area contributed by atoms with Crippen molar-refractivity contribution in [3.05, 3.63) is 71.5 Å². The van der Waals surface area contributed by atoms with Gasteiger partial charge in [-0.15, -0.1) is 0 Å². The Labute approximate surface area is 165 Å². The van der Waals surface area contributed by atoms with Gasteiger partial charge in [-0.05, 0) is 37.5 Å². The molecule has 7 heteroatoms. The molecule has 0 spiro atoms. The fourth-order valence-electron chi connectivity index (χ4n) is 3.21. The topological polar surface area (TPSA) is 84.2 Å². The SMILES string of the molecule is Cc1nn(C)c(C)c1S(=O)(=O)NC[C@](C)(O)c1ccc(-c2ccccc2)cc1. The summed E-state index contributed by atoms with van der Waals surface area (Å²) in [6.07, 6.45) is 0. The van der Waals surface area contributed by atoms with Crippen LogP contribution in [0.4, 0.5) is 0 Å². The Morgan fingerprint density at radius 3 is 2.14 bits per heavy atom. The third-order valence-corrected chi connectivity index (χ3v) is 6.58. The molecular formula is C21H25N3O3S. The number of aryl methyl sites for hydroxylation is 2. The van der Waals surface area contributed by atoms with Gasteiger partial charge in [0.1, 0.15) is 10.5 Å². The lowest BCUT2D eigenvalue weighted by atomic mass is 9.94. The van der Waals surface area contributed by atoms with Crippen LogP contribution in [-0.2, 0) is 22.7 Å². The molecule has 0 bridgehead atoms. The van der Waals surface area contributed by atoms with Crippen molar-refractivity contribution < 1.29 is 13.5 Å². The molecule has 3 aromatic rings. The highest BCUT2D eigenvalue weighted by atomic mass is 32.2. The molecule has 1 aromatic heterocycles. The maximum absolute atomic E-state index is 12.7. The first-order valence-corrected chi connectivity index (χ1v) is 10.5. The first kappa shape index (κ1) is 20.3. The van der Waals surface area contributed by atoms with E-state index in [1.165, 1.54) is 4.68 Å². The Kier molecular flexibility index (Phi) is 5.43. The van der Waals surface area contributed by atoms with Gasteiger partial charge in [-0.3, -0.25) is 4.68 Å². The number of benzene rings is 2. The molecule has 2 aromatic carbocycles. The Morgan fingerprint density at radius 2 is 1.61 bits per heavy atom. The molecule has 1 heterocycles. The molecule has 0 aliphatic rings. The molecule has 28 heavy (non-hydrogen) atoms. The predicted molar refractivity (Wildman–Crippen MR) is 109 cm³/mol. The standard InChI is InChI=1S/C21H25N3O3S/c1-15-20(16(2)24(4)23-15)28(26,27)22-14-21(3,25)19-12-10-18(11-13-19)17-8-6-5-7-9-17/h5-13,22,25H,14H2,1-4H3/t21-/m0/s1. The van der Waals surface area contributed by atoms with E-state index < -0.39 is 15.6 Å². The van der Waals surface area contributed by atoms with Crippen LogP contribution in [0.2, 0.25) is 0 Å². The van der Waals surface area contributed by atoms with E-state index in [2.05, 4.69) is 9.82 Å². The molecule has 0 aliphatic heterocycles.